The lowest BCUT2D eigenvalue weighted by Crippen LogP contribution is -2.12. The second kappa shape index (κ2) is 12.7. The fraction of sp³-hybridized carbons (Fsp3) is 0.147. The lowest BCUT2D eigenvalue weighted by Gasteiger charge is -2.11. The van der Waals surface area contributed by atoms with Gasteiger partial charge in [0.05, 0.1) is 36.8 Å². The van der Waals surface area contributed by atoms with Crippen LogP contribution in [0.15, 0.2) is 115 Å². The number of aromatic nitrogens is 2. The Morgan fingerprint density at radius 1 is 0.667 bits per heavy atom. The summed E-state index contributed by atoms with van der Waals surface area (Å²) in [6.45, 7) is 0.514. The third kappa shape index (κ3) is 7.17. The van der Waals surface area contributed by atoms with Crippen molar-refractivity contribution in [1.29, 1.82) is 0 Å². The van der Waals surface area contributed by atoms with Crippen molar-refractivity contribution in [3.8, 4) is 22.8 Å². The van der Waals surface area contributed by atoms with Gasteiger partial charge in [0.25, 0.3) is 0 Å². The minimum Gasteiger partial charge on any atom is -0.497 e. The fourth-order valence-corrected chi connectivity index (χ4v) is 4.35. The molecular formula is C34H30N2O3. The Labute approximate surface area is 229 Å². The van der Waals surface area contributed by atoms with Gasteiger partial charge in [0.15, 0.2) is 0 Å². The number of rotatable bonds is 11. The van der Waals surface area contributed by atoms with E-state index in [2.05, 4.69) is 12.1 Å². The summed E-state index contributed by atoms with van der Waals surface area (Å²) in [5.74, 6) is 1.66. The highest BCUT2D eigenvalue weighted by atomic mass is 16.5. The molecule has 5 heteroatoms. The number of nitrogens with zero attached hydrogens (tertiary/aromatic N) is 2. The maximum atomic E-state index is 13.0. The summed E-state index contributed by atoms with van der Waals surface area (Å²) in [6.07, 6.45) is 2.92. The molecule has 1 heterocycles. The molecule has 0 saturated heterocycles. The molecular weight excluding hydrogens is 484 g/mol. The molecule has 0 saturated carbocycles. The molecule has 0 aliphatic heterocycles. The van der Waals surface area contributed by atoms with Crippen LogP contribution in [0.25, 0.3) is 11.3 Å². The molecule has 0 fully saturated rings. The fourth-order valence-electron chi connectivity index (χ4n) is 4.35. The molecule has 0 spiro atoms. The highest BCUT2D eigenvalue weighted by Crippen LogP contribution is 2.23. The second-order valence-electron chi connectivity index (χ2n) is 9.35. The number of benzene rings is 4. The summed E-state index contributed by atoms with van der Waals surface area (Å²) in [7, 11) is 1.63. The first-order valence-electron chi connectivity index (χ1n) is 13.0. The summed E-state index contributed by atoms with van der Waals surface area (Å²) in [4.78, 5) is 22.7. The first-order chi connectivity index (χ1) is 19.2. The Hall–Kier alpha value is -4.77. The molecule has 1 aromatic heterocycles. The van der Waals surface area contributed by atoms with Crippen molar-refractivity contribution in [3.05, 3.63) is 143 Å². The standard InChI is InChI=1S/C34H30N2O3/c1-38-30-16-12-26(13-17-30)20-29(37)22-32-33(21-25-8-4-2-5-9-25)36-34(23-35-32)28-14-18-31(19-15-28)39-24-27-10-6-3-7-11-27/h2-19,23H,20-22,24H2,1H3. The molecule has 0 unspecified atom stereocenters. The quantitative estimate of drug-likeness (QED) is 0.197. The summed E-state index contributed by atoms with van der Waals surface area (Å²) in [6, 6.07) is 35.7. The van der Waals surface area contributed by atoms with Gasteiger partial charge >= 0.3 is 0 Å². The van der Waals surface area contributed by atoms with Crippen LogP contribution in [-0.4, -0.2) is 22.9 Å². The van der Waals surface area contributed by atoms with E-state index in [1.807, 2.05) is 97.1 Å². The summed E-state index contributed by atoms with van der Waals surface area (Å²) < 4.78 is 11.1. The van der Waals surface area contributed by atoms with Crippen LogP contribution in [0.4, 0.5) is 0 Å². The molecule has 0 N–H and O–H groups in total. The van der Waals surface area contributed by atoms with E-state index in [0.717, 1.165) is 45.1 Å². The van der Waals surface area contributed by atoms with Crippen molar-refractivity contribution in [3.63, 3.8) is 0 Å². The van der Waals surface area contributed by atoms with Gasteiger partial charge in [-0.3, -0.25) is 9.78 Å². The van der Waals surface area contributed by atoms with Crippen LogP contribution >= 0.6 is 0 Å². The lowest BCUT2D eigenvalue weighted by atomic mass is 10.0. The zero-order valence-electron chi connectivity index (χ0n) is 21.9. The predicted molar refractivity (Wildman–Crippen MR) is 153 cm³/mol. The monoisotopic (exact) mass is 514 g/mol. The van der Waals surface area contributed by atoms with Crippen molar-refractivity contribution in [2.75, 3.05) is 7.11 Å². The maximum absolute atomic E-state index is 13.0. The first kappa shape index (κ1) is 25.9. The molecule has 39 heavy (non-hydrogen) atoms. The SMILES string of the molecule is COc1ccc(CC(=O)Cc2ncc(-c3ccc(OCc4ccccc4)cc3)nc2Cc2ccccc2)cc1. The largest absolute Gasteiger partial charge is 0.497 e. The smallest absolute Gasteiger partial charge is 0.143 e. The van der Waals surface area contributed by atoms with E-state index in [0.29, 0.717) is 25.1 Å². The van der Waals surface area contributed by atoms with Crippen molar-refractivity contribution in [1.82, 2.24) is 9.97 Å². The van der Waals surface area contributed by atoms with E-state index in [1.54, 1.807) is 13.3 Å². The van der Waals surface area contributed by atoms with Crippen LogP contribution in [0.3, 0.4) is 0 Å². The van der Waals surface area contributed by atoms with E-state index in [4.69, 9.17) is 19.4 Å². The maximum Gasteiger partial charge on any atom is 0.143 e. The number of hydrogen-bond donors (Lipinski definition) is 0. The van der Waals surface area contributed by atoms with Gasteiger partial charge in [-0.25, -0.2) is 4.98 Å². The highest BCUT2D eigenvalue weighted by Gasteiger charge is 2.15. The van der Waals surface area contributed by atoms with Gasteiger partial charge in [0.2, 0.25) is 0 Å². The highest BCUT2D eigenvalue weighted by molar-refractivity contribution is 5.83. The number of ether oxygens (including phenoxy) is 2. The van der Waals surface area contributed by atoms with Crippen molar-refractivity contribution in [2.45, 2.75) is 25.9 Å². The van der Waals surface area contributed by atoms with E-state index in [9.17, 15) is 4.79 Å². The van der Waals surface area contributed by atoms with Gasteiger partial charge in [0, 0.05) is 18.4 Å². The molecule has 4 aromatic carbocycles. The van der Waals surface area contributed by atoms with Gasteiger partial charge in [-0.1, -0.05) is 72.8 Å². The van der Waals surface area contributed by atoms with Crippen LogP contribution in [0, 0.1) is 0 Å². The number of Topliss-reactive ketones (excluding diaryl/α,β-unsaturated/α-hetero) is 1. The van der Waals surface area contributed by atoms with Gasteiger partial charge in [-0.05, 0) is 53.1 Å². The molecule has 0 aliphatic carbocycles. The van der Waals surface area contributed by atoms with Gasteiger partial charge < -0.3 is 9.47 Å². The third-order valence-corrected chi connectivity index (χ3v) is 6.47. The van der Waals surface area contributed by atoms with Gasteiger partial charge in [-0.2, -0.15) is 0 Å². The van der Waals surface area contributed by atoms with E-state index in [1.165, 1.54) is 0 Å². The van der Waals surface area contributed by atoms with Crippen LogP contribution in [0.2, 0.25) is 0 Å². The zero-order chi connectivity index (χ0) is 26.9. The lowest BCUT2D eigenvalue weighted by molar-refractivity contribution is -0.117. The second-order valence-corrected chi connectivity index (χ2v) is 9.35. The number of hydrogen-bond acceptors (Lipinski definition) is 5. The topological polar surface area (TPSA) is 61.3 Å². The van der Waals surface area contributed by atoms with Gasteiger partial charge in [-0.15, -0.1) is 0 Å². The predicted octanol–water partition coefficient (Wildman–Crippen LogP) is 6.68. The first-order valence-corrected chi connectivity index (χ1v) is 13.0. The third-order valence-electron chi connectivity index (χ3n) is 6.47. The Bertz CT molecular complexity index is 1500. The Morgan fingerprint density at radius 2 is 1.31 bits per heavy atom. The molecule has 0 atom stereocenters. The summed E-state index contributed by atoms with van der Waals surface area (Å²) in [5.41, 5.74) is 6.43. The van der Waals surface area contributed by atoms with Crippen molar-refractivity contribution in [2.24, 2.45) is 0 Å². The van der Waals surface area contributed by atoms with Crippen LogP contribution in [-0.2, 0) is 30.7 Å². The Balaban J connectivity index is 1.33. The van der Waals surface area contributed by atoms with E-state index in [-0.39, 0.29) is 12.2 Å². The van der Waals surface area contributed by atoms with Crippen molar-refractivity contribution >= 4 is 5.78 Å². The molecule has 194 valence electrons. The zero-order valence-corrected chi connectivity index (χ0v) is 21.9. The Morgan fingerprint density at radius 3 is 1.97 bits per heavy atom. The number of carbonyl (C=O) groups excluding carboxylic acids is 1. The van der Waals surface area contributed by atoms with Crippen LogP contribution in [0.5, 0.6) is 11.5 Å². The van der Waals surface area contributed by atoms with Crippen molar-refractivity contribution < 1.29 is 14.3 Å². The van der Waals surface area contributed by atoms with Gasteiger partial charge in [0.1, 0.15) is 23.9 Å². The molecule has 5 nitrogen and oxygen atoms in total. The Kier molecular flexibility index (Phi) is 8.39. The molecule has 0 radical (unpaired) electrons. The number of carbonyl (C=O) groups is 1. The van der Waals surface area contributed by atoms with Crippen LogP contribution < -0.4 is 9.47 Å². The average Bonchev–Trinajstić information content (AvgIpc) is 2.99. The minimum absolute atomic E-state index is 0.0939. The normalized spacial score (nSPS) is 10.7. The molecule has 0 aliphatic rings. The molecule has 5 rings (SSSR count). The summed E-state index contributed by atoms with van der Waals surface area (Å²) in [5, 5.41) is 0. The minimum atomic E-state index is 0.0939. The average molecular weight is 515 g/mol. The van der Waals surface area contributed by atoms with E-state index >= 15 is 0 Å². The molecule has 0 amide bonds. The van der Waals surface area contributed by atoms with E-state index < -0.39 is 0 Å². The molecule has 0 bridgehead atoms. The summed E-state index contributed by atoms with van der Waals surface area (Å²) >= 11 is 0. The molecule has 5 aromatic rings. The number of ketones is 1. The van der Waals surface area contributed by atoms with Crippen LogP contribution in [0.1, 0.15) is 28.1 Å². The number of methoxy groups -OCH3 is 1.